The molecule has 2 aromatic carbocycles. The summed E-state index contributed by atoms with van der Waals surface area (Å²) >= 11 is 0. The van der Waals surface area contributed by atoms with Gasteiger partial charge in [-0.2, -0.15) is 18.4 Å². The van der Waals surface area contributed by atoms with Crippen LogP contribution in [0.3, 0.4) is 0 Å². The Bertz CT molecular complexity index is 1220. The number of halogens is 3. The summed E-state index contributed by atoms with van der Waals surface area (Å²) < 4.78 is 39.8. The molecule has 2 unspecified atom stereocenters. The number of benzene rings is 2. The second-order valence-electron chi connectivity index (χ2n) is 7.88. The molecule has 0 bridgehead atoms. The van der Waals surface area contributed by atoms with E-state index in [1.165, 1.54) is 6.07 Å². The Hall–Kier alpha value is -3.70. The van der Waals surface area contributed by atoms with E-state index in [0.717, 1.165) is 29.0 Å². The van der Waals surface area contributed by atoms with Crippen LogP contribution >= 0.6 is 0 Å². The number of aromatic nitrogens is 1. The van der Waals surface area contributed by atoms with Crippen molar-refractivity contribution < 1.29 is 23.1 Å². The summed E-state index contributed by atoms with van der Waals surface area (Å²) in [5.74, 6) is -0.619. The van der Waals surface area contributed by atoms with Gasteiger partial charge in [-0.15, -0.1) is 0 Å². The highest BCUT2D eigenvalue weighted by atomic mass is 19.4. The van der Waals surface area contributed by atoms with E-state index < -0.39 is 29.8 Å². The number of hydrogen-bond acceptors (Lipinski definition) is 4. The van der Waals surface area contributed by atoms with Crippen molar-refractivity contribution in [2.45, 2.75) is 39.1 Å². The minimum atomic E-state index is -4.92. The van der Waals surface area contributed by atoms with Crippen LogP contribution in [0.5, 0.6) is 0 Å². The van der Waals surface area contributed by atoms with E-state index in [1.807, 2.05) is 13.0 Å². The molecule has 0 fully saturated rings. The Morgan fingerprint density at radius 3 is 2.42 bits per heavy atom. The molecule has 1 amide bonds. The SMILES string of the molecule is Cc1ccc(-c2cc(C(=O)NC(C)c3ccc(C)nc3)cc(C(O)C(F)(F)F)c2)c(C#N)c1. The summed E-state index contributed by atoms with van der Waals surface area (Å²) in [6, 6.07) is 13.7. The molecule has 0 aliphatic heterocycles. The Morgan fingerprint density at radius 2 is 1.82 bits per heavy atom. The minimum Gasteiger partial charge on any atom is -0.379 e. The maximum Gasteiger partial charge on any atom is 0.418 e. The number of nitriles is 1. The van der Waals surface area contributed by atoms with Crippen LogP contribution in [0.1, 0.15) is 57.4 Å². The summed E-state index contributed by atoms with van der Waals surface area (Å²) in [5, 5.41) is 22.1. The van der Waals surface area contributed by atoms with E-state index in [2.05, 4.69) is 10.3 Å². The minimum absolute atomic E-state index is 0.0674. The third-order valence-corrected chi connectivity index (χ3v) is 5.23. The molecule has 3 rings (SSSR count). The molecule has 0 aliphatic carbocycles. The molecule has 1 heterocycles. The molecule has 8 heteroatoms. The van der Waals surface area contributed by atoms with Crippen molar-refractivity contribution in [3.8, 4) is 17.2 Å². The molecule has 3 aromatic rings. The zero-order valence-corrected chi connectivity index (χ0v) is 18.2. The van der Waals surface area contributed by atoms with Gasteiger partial charge in [0.05, 0.1) is 17.7 Å². The smallest absolute Gasteiger partial charge is 0.379 e. The first-order valence-electron chi connectivity index (χ1n) is 10.1. The first kappa shape index (κ1) is 24.0. The number of nitrogens with one attached hydrogen (secondary N) is 1. The lowest BCUT2D eigenvalue weighted by Gasteiger charge is -2.19. The van der Waals surface area contributed by atoms with Gasteiger partial charge in [0.2, 0.25) is 0 Å². The molecule has 5 nitrogen and oxygen atoms in total. The summed E-state index contributed by atoms with van der Waals surface area (Å²) in [5.41, 5.74) is 2.63. The monoisotopic (exact) mass is 453 g/mol. The Balaban J connectivity index is 2.05. The Morgan fingerprint density at radius 1 is 1.09 bits per heavy atom. The van der Waals surface area contributed by atoms with Crippen molar-refractivity contribution in [3.63, 3.8) is 0 Å². The Labute approximate surface area is 189 Å². The zero-order chi connectivity index (χ0) is 24.3. The number of amides is 1. The van der Waals surface area contributed by atoms with Crippen LogP contribution in [0.25, 0.3) is 11.1 Å². The number of aryl methyl sites for hydroxylation is 2. The quantitative estimate of drug-likeness (QED) is 0.547. The second kappa shape index (κ2) is 9.43. The number of pyridine rings is 1. The van der Waals surface area contributed by atoms with Crippen LogP contribution in [0, 0.1) is 25.2 Å². The van der Waals surface area contributed by atoms with Crippen molar-refractivity contribution in [3.05, 3.63) is 88.2 Å². The lowest BCUT2D eigenvalue weighted by molar-refractivity contribution is -0.206. The van der Waals surface area contributed by atoms with Gasteiger partial charge in [0.1, 0.15) is 0 Å². The molecule has 0 aliphatic rings. The van der Waals surface area contributed by atoms with Crippen LogP contribution in [-0.4, -0.2) is 22.2 Å². The van der Waals surface area contributed by atoms with Gasteiger partial charge in [-0.1, -0.05) is 18.2 Å². The van der Waals surface area contributed by atoms with Crippen molar-refractivity contribution in [1.82, 2.24) is 10.3 Å². The van der Waals surface area contributed by atoms with E-state index in [1.54, 1.807) is 50.4 Å². The predicted molar refractivity (Wildman–Crippen MR) is 117 cm³/mol. The lowest BCUT2D eigenvalue weighted by atomic mass is 9.93. The average Bonchev–Trinajstić information content (AvgIpc) is 2.77. The fourth-order valence-electron chi connectivity index (χ4n) is 3.39. The first-order valence-corrected chi connectivity index (χ1v) is 10.1. The van der Waals surface area contributed by atoms with Gasteiger partial charge in [-0.3, -0.25) is 9.78 Å². The molecule has 0 spiro atoms. The fraction of sp³-hybridized carbons (Fsp3) is 0.240. The van der Waals surface area contributed by atoms with E-state index >= 15 is 0 Å². The van der Waals surface area contributed by atoms with Gasteiger partial charge in [-0.05, 0) is 78.9 Å². The summed E-state index contributed by atoms with van der Waals surface area (Å²) in [7, 11) is 0. The maximum absolute atomic E-state index is 13.3. The summed E-state index contributed by atoms with van der Waals surface area (Å²) in [4.78, 5) is 17.1. The molecule has 33 heavy (non-hydrogen) atoms. The van der Waals surface area contributed by atoms with Crippen molar-refractivity contribution >= 4 is 5.91 Å². The molecule has 2 atom stereocenters. The normalized spacial score (nSPS) is 13.2. The predicted octanol–water partition coefficient (Wildman–Crippen LogP) is 5.32. The van der Waals surface area contributed by atoms with Crippen LogP contribution in [-0.2, 0) is 0 Å². The molecular weight excluding hydrogens is 431 g/mol. The van der Waals surface area contributed by atoms with Gasteiger partial charge in [-0.25, -0.2) is 0 Å². The van der Waals surface area contributed by atoms with E-state index in [4.69, 9.17) is 0 Å². The average molecular weight is 453 g/mol. The van der Waals surface area contributed by atoms with Crippen LogP contribution in [0.4, 0.5) is 13.2 Å². The number of carbonyl (C=O) groups excluding carboxylic acids is 1. The fourth-order valence-corrected chi connectivity index (χ4v) is 3.39. The van der Waals surface area contributed by atoms with Crippen LogP contribution in [0.2, 0.25) is 0 Å². The standard InChI is InChI=1S/C25H22F3N3O2/c1-14-4-7-22(21(8-14)12-29)18-9-19(23(32)25(26,27)28)11-20(10-18)24(33)31-16(3)17-6-5-15(2)30-13-17/h4-11,13,16,23,32H,1-3H3,(H,31,33). The van der Waals surface area contributed by atoms with E-state index in [0.29, 0.717) is 5.56 Å². The van der Waals surface area contributed by atoms with E-state index in [-0.39, 0.29) is 16.7 Å². The van der Waals surface area contributed by atoms with Gasteiger partial charge in [0.25, 0.3) is 5.91 Å². The zero-order valence-electron chi connectivity index (χ0n) is 18.2. The highest BCUT2D eigenvalue weighted by Gasteiger charge is 2.40. The third kappa shape index (κ3) is 5.57. The molecule has 170 valence electrons. The van der Waals surface area contributed by atoms with Crippen LogP contribution in [0.15, 0.2) is 54.7 Å². The van der Waals surface area contributed by atoms with E-state index in [9.17, 15) is 28.3 Å². The molecule has 0 saturated carbocycles. The summed E-state index contributed by atoms with van der Waals surface area (Å²) in [6.45, 7) is 5.34. The topological polar surface area (TPSA) is 86.0 Å². The number of aliphatic hydroxyl groups is 1. The number of carbonyl (C=O) groups is 1. The summed E-state index contributed by atoms with van der Waals surface area (Å²) in [6.07, 6.45) is -6.08. The lowest BCUT2D eigenvalue weighted by Crippen LogP contribution is -2.27. The van der Waals surface area contributed by atoms with Gasteiger partial charge >= 0.3 is 6.18 Å². The maximum atomic E-state index is 13.3. The molecule has 0 saturated heterocycles. The van der Waals surface area contributed by atoms with Crippen LogP contribution < -0.4 is 5.32 Å². The van der Waals surface area contributed by atoms with Gasteiger partial charge in [0.15, 0.2) is 6.10 Å². The Kier molecular flexibility index (Phi) is 6.84. The molecule has 2 N–H and O–H groups in total. The molecule has 0 radical (unpaired) electrons. The molecular formula is C25H22F3N3O2. The number of rotatable bonds is 5. The van der Waals surface area contributed by atoms with Crippen molar-refractivity contribution in [1.29, 1.82) is 5.26 Å². The van der Waals surface area contributed by atoms with Crippen molar-refractivity contribution in [2.75, 3.05) is 0 Å². The molecule has 1 aromatic heterocycles. The third-order valence-electron chi connectivity index (χ3n) is 5.23. The second-order valence-corrected chi connectivity index (χ2v) is 7.88. The number of hydrogen-bond donors (Lipinski definition) is 2. The largest absolute Gasteiger partial charge is 0.418 e. The first-order chi connectivity index (χ1) is 15.5. The highest BCUT2D eigenvalue weighted by Crippen LogP contribution is 2.36. The number of nitrogens with zero attached hydrogens (tertiary/aromatic N) is 2. The number of aliphatic hydroxyl groups excluding tert-OH is 1. The van der Waals surface area contributed by atoms with Crippen molar-refractivity contribution in [2.24, 2.45) is 0 Å². The number of alkyl halides is 3. The van der Waals surface area contributed by atoms with Gasteiger partial charge in [0, 0.05) is 17.5 Å². The highest BCUT2D eigenvalue weighted by molar-refractivity contribution is 5.96. The van der Waals surface area contributed by atoms with Gasteiger partial charge < -0.3 is 10.4 Å².